The van der Waals surface area contributed by atoms with Crippen LogP contribution in [0.2, 0.25) is 0 Å². The second-order valence-electron chi connectivity index (χ2n) is 7.86. The van der Waals surface area contributed by atoms with Gasteiger partial charge in [-0.15, -0.1) is 0 Å². The summed E-state index contributed by atoms with van der Waals surface area (Å²) in [5.74, 6) is 3.03. The number of rotatable bonds is 5. The van der Waals surface area contributed by atoms with Crippen molar-refractivity contribution >= 4 is 5.78 Å². The Bertz CT molecular complexity index is 401. The van der Waals surface area contributed by atoms with E-state index in [1.807, 2.05) is 0 Å². The SMILES string of the molecule is C=C(OC(C)(CC)C12CC3CC(CC(C3)C1)C2)C(C)=O. The lowest BCUT2D eigenvalue weighted by Gasteiger charge is -2.62. The lowest BCUT2D eigenvalue weighted by atomic mass is 9.45. The van der Waals surface area contributed by atoms with Gasteiger partial charge in [0.25, 0.3) is 0 Å². The molecule has 4 rings (SSSR count). The molecular weight excluding hydrogens is 248 g/mol. The quantitative estimate of drug-likeness (QED) is 0.546. The Morgan fingerprint density at radius 1 is 1.20 bits per heavy atom. The first-order chi connectivity index (χ1) is 9.37. The number of carbonyl (C=O) groups is 1. The number of ketones is 1. The second-order valence-corrected chi connectivity index (χ2v) is 7.86. The third-order valence-electron chi connectivity index (χ3n) is 6.58. The summed E-state index contributed by atoms with van der Waals surface area (Å²) >= 11 is 0. The van der Waals surface area contributed by atoms with Crippen molar-refractivity contribution in [3.05, 3.63) is 12.3 Å². The van der Waals surface area contributed by atoms with E-state index in [1.165, 1.54) is 38.5 Å². The summed E-state index contributed by atoms with van der Waals surface area (Å²) in [7, 11) is 0. The van der Waals surface area contributed by atoms with Crippen molar-refractivity contribution in [3.8, 4) is 0 Å². The molecule has 4 saturated carbocycles. The Balaban J connectivity index is 1.88. The predicted molar refractivity (Wildman–Crippen MR) is 80.2 cm³/mol. The summed E-state index contributed by atoms with van der Waals surface area (Å²) in [5.41, 5.74) is 0.0701. The Morgan fingerprint density at radius 2 is 1.65 bits per heavy atom. The molecule has 0 heterocycles. The third-order valence-corrected chi connectivity index (χ3v) is 6.58. The second kappa shape index (κ2) is 4.61. The maximum absolute atomic E-state index is 11.5. The molecule has 0 saturated heterocycles. The molecule has 0 aromatic heterocycles. The van der Waals surface area contributed by atoms with Gasteiger partial charge < -0.3 is 4.74 Å². The monoisotopic (exact) mass is 276 g/mol. The molecule has 0 aromatic carbocycles. The van der Waals surface area contributed by atoms with Gasteiger partial charge in [0.2, 0.25) is 0 Å². The zero-order valence-corrected chi connectivity index (χ0v) is 13.2. The first kappa shape index (κ1) is 14.2. The molecule has 0 spiro atoms. The fourth-order valence-corrected chi connectivity index (χ4v) is 5.66. The zero-order valence-electron chi connectivity index (χ0n) is 13.2. The molecule has 1 atom stereocenters. The van der Waals surface area contributed by atoms with Crippen LogP contribution in [0.1, 0.15) is 65.7 Å². The van der Waals surface area contributed by atoms with Crippen LogP contribution in [-0.2, 0) is 9.53 Å². The van der Waals surface area contributed by atoms with Gasteiger partial charge in [0.1, 0.15) is 5.60 Å². The van der Waals surface area contributed by atoms with Crippen LogP contribution in [0.5, 0.6) is 0 Å². The lowest BCUT2D eigenvalue weighted by Crippen LogP contribution is -2.58. The first-order valence-corrected chi connectivity index (χ1v) is 8.26. The summed E-state index contributed by atoms with van der Waals surface area (Å²) in [6, 6.07) is 0. The van der Waals surface area contributed by atoms with E-state index in [2.05, 4.69) is 20.4 Å². The van der Waals surface area contributed by atoms with Crippen LogP contribution in [0.3, 0.4) is 0 Å². The minimum absolute atomic E-state index is 0.0330. The molecule has 4 fully saturated rings. The molecule has 0 amide bonds. The van der Waals surface area contributed by atoms with Gasteiger partial charge in [-0.25, -0.2) is 0 Å². The van der Waals surface area contributed by atoms with E-state index < -0.39 is 0 Å². The molecular formula is C18H28O2. The Labute approximate surface area is 123 Å². The smallest absolute Gasteiger partial charge is 0.193 e. The van der Waals surface area contributed by atoms with Crippen molar-refractivity contribution < 1.29 is 9.53 Å². The van der Waals surface area contributed by atoms with E-state index in [0.29, 0.717) is 5.76 Å². The van der Waals surface area contributed by atoms with Crippen LogP contribution < -0.4 is 0 Å². The number of ether oxygens (including phenoxy) is 1. The van der Waals surface area contributed by atoms with E-state index in [4.69, 9.17) is 4.74 Å². The highest BCUT2D eigenvalue weighted by molar-refractivity contribution is 5.90. The Kier molecular flexibility index (Phi) is 3.26. The molecule has 4 aliphatic carbocycles. The highest BCUT2D eigenvalue weighted by atomic mass is 16.5. The number of carbonyl (C=O) groups excluding carboxylic acids is 1. The molecule has 0 aromatic rings. The first-order valence-electron chi connectivity index (χ1n) is 8.26. The largest absolute Gasteiger partial charge is 0.484 e. The summed E-state index contributed by atoms with van der Waals surface area (Å²) in [6.07, 6.45) is 9.18. The van der Waals surface area contributed by atoms with Crippen molar-refractivity contribution in [1.82, 2.24) is 0 Å². The van der Waals surface area contributed by atoms with E-state index in [-0.39, 0.29) is 16.8 Å². The number of hydrogen-bond acceptors (Lipinski definition) is 2. The summed E-state index contributed by atoms with van der Waals surface area (Å²) in [6.45, 7) is 9.83. The van der Waals surface area contributed by atoms with Crippen LogP contribution in [0, 0.1) is 23.2 Å². The highest BCUT2D eigenvalue weighted by Crippen LogP contribution is 2.65. The summed E-state index contributed by atoms with van der Waals surface area (Å²) in [5, 5.41) is 0. The van der Waals surface area contributed by atoms with Gasteiger partial charge in [-0.05, 0) is 69.6 Å². The van der Waals surface area contributed by atoms with Crippen molar-refractivity contribution in [2.75, 3.05) is 0 Å². The van der Waals surface area contributed by atoms with Gasteiger partial charge in [0.05, 0.1) is 0 Å². The van der Waals surface area contributed by atoms with Crippen LogP contribution in [-0.4, -0.2) is 11.4 Å². The zero-order chi connectivity index (χ0) is 14.5. The van der Waals surface area contributed by atoms with E-state index in [0.717, 1.165) is 24.2 Å². The van der Waals surface area contributed by atoms with Gasteiger partial charge in [-0.3, -0.25) is 4.79 Å². The average Bonchev–Trinajstić information content (AvgIpc) is 2.36. The van der Waals surface area contributed by atoms with Crippen molar-refractivity contribution in [2.45, 2.75) is 71.3 Å². The van der Waals surface area contributed by atoms with Gasteiger partial charge in [-0.1, -0.05) is 13.5 Å². The highest BCUT2D eigenvalue weighted by Gasteiger charge is 2.59. The van der Waals surface area contributed by atoms with E-state index in [1.54, 1.807) is 6.92 Å². The molecule has 4 aliphatic rings. The topological polar surface area (TPSA) is 26.3 Å². The van der Waals surface area contributed by atoms with Gasteiger partial charge >= 0.3 is 0 Å². The summed E-state index contributed by atoms with van der Waals surface area (Å²) < 4.78 is 6.19. The standard InChI is InChI=1S/C18H28O2/c1-5-17(4,20-13(3)12(2)19)18-9-14-6-15(10-18)8-16(7-14)11-18/h14-16H,3,5-11H2,1-2,4H3. The van der Waals surface area contributed by atoms with Crippen molar-refractivity contribution in [1.29, 1.82) is 0 Å². The molecule has 4 bridgehead atoms. The van der Waals surface area contributed by atoms with Crippen molar-refractivity contribution in [3.63, 3.8) is 0 Å². The summed E-state index contributed by atoms with van der Waals surface area (Å²) in [4.78, 5) is 11.5. The van der Waals surface area contributed by atoms with Gasteiger partial charge in [0, 0.05) is 12.3 Å². The Morgan fingerprint density at radius 3 is 2.00 bits per heavy atom. The lowest BCUT2D eigenvalue weighted by molar-refractivity contribution is -0.182. The molecule has 1 unspecified atom stereocenters. The van der Waals surface area contributed by atoms with E-state index in [9.17, 15) is 4.79 Å². The molecule has 0 N–H and O–H groups in total. The molecule has 20 heavy (non-hydrogen) atoms. The molecule has 112 valence electrons. The minimum atomic E-state index is -0.217. The maximum Gasteiger partial charge on any atom is 0.193 e. The molecule has 0 radical (unpaired) electrons. The number of allylic oxidation sites excluding steroid dienone is 1. The molecule has 0 aliphatic heterocycles. The van der Waals surface area contributed by atoms with Crippen molar-refractivity contribution in [2.24, 2.45) is 23.2 Å². The van der Waals surface area contributed by atoms with Gasteiger partial charge in [0.15, 0.2) is 11.5 Å². The van der Waals surface area contributed by atoms with Gasteiger partial charge in [-0.2, -0.15) is 0 Å². The van der Waals surface area contributed by atoms with Crippen LogP contribution in [0.4, 0.5) is 0 Å². The fraction of sp³-hybridized carbons (Fsp3) is 0.833. The molecule has 2 nitrogen and oxygen atoms in total. The maximum atomic E-state index is 11.5. The Hall–Kier alpha value is -0.790. The van der Waals surface area contributed by atoms with Crippen LogP contribution in [0.25, 0.3) is 0 Å². The number of Topliss-reactive ketones (excluding diaryl/α,β-unsaturated/α-hetero) is 1. The molecule has 2 heteroatoms. The van der Waals surface area contributed by atoms with Crippen LogP contribution in [0.15, 0.2) is 12.3 Å². The normalized spacial score (nSPS) is 41.2. The third kappa shape index (κ3) is 2.03. The van der Waals surface area contributed by atoms with Crippen LogP contribution >= 0.6 is 0 Å². The predicted octanol–water partition coefficient (Wildman–Crippen LogP) is 4.49. The minimum Gasteiger partial charge on any atom is -0.484 e. The number of hydrogen-bond donors (Lipinski definition) is 0. The van der Waals surface area contributed by atoms with E-state index >= 15 is 0 Å². The average molecular weight is 276 g/mol. The fourth-order valence-electron chi connectivity index (χ4n) is 5.66.